The molecule has 4 rings (SSSR count). The van der Waals surface area contributed by atoms with E-state index in [-0.39, 0.29) is 30.0 Å². The Hall–Kier alpha value is -1.55. The number of para-hydroxylation sites is 1. The smallest absolute Gasteiger partial charge is 0.282 e. The van der Waals surface area contributed by atoms with Crippen LogP contribution in [0.25, 0.3) is 10.2 Å². The van der Waals surface area contributed by atoms with Gasteiger partial charge in [-0.15, -0.1) is 0 Å². The highest BCUT2D eigenvalue weighted by Crippen LogP contribution is 2.43. The second-order valence-corrected chi connectivity index (χ2v) is 10.6. The predicted molar refractivity (Wildman–Crippen MR) is 112 cm³/mol. The number of benzene rings is 1. The molecule has 2 aliphatic rings. The largest absolute Gasteiger partial charge is 0.283 e. The number of aromatic nitrogens is 1. The number of carbonyl (C=O) groups is 1. The van der Waals surface area contributed by atoms with E-state index in [1.807, 2.05) is 45.0 Å². The molecule has 2 saturated heterocycles. The molecule has 0 spiro atoms. The van der Waals surface area contributed by atoms with Crippen molar-refractivity contribution in [1.82, 2.24) is 13.6 Å². The highest BCUT2D eigenvalue weighted by atomic mass is 32.2. The molecule has 28 heavy (non-hydrogen) atoms. The van der Waals surface area contributed by atoms with E-state index in [1.165, 1.54) is 15.6 Å². The van der Waals surface area contributed by atoms with Gasteiger partial charge in [0.2, 0.25) is 5.91 Å². The van der Waals surface area contributed by atoms with Crippen molar-refractivity contribution in [2.24, 2.45) is 5.92 Å². The number of fused-ring (bicyclic) bond motifs is 2. The monoisotopic (exact) mass is 422 g/mol. The second kappa shape index (κ2) is 7.05. The third kappa shape index (κ3) is 2.87. The number of anilines is 1. The van der Waals surface area contributed by atoms with Crippen LogP contribution in [0, 0.1) is 5.92 Å². The van der Waals surface area contributed by atoms with Crippen molar-refractivity contribution in [2.75, 3.05) is 18.5 Å². The van der Waals surface area contributed by atoms with Gasteiger partial charge in [-0.05, 0) is 31.9 Å². The summed E-state index contributed by atoms with van der Waals surface area (Å²) >= 11 is 1.49. The van der Waals surface area contributed by atoms with Crippen LogP contribution >= 0.6 is 11.3 Å². The lowest BCUT2D eigenvalue weighted by atomic mass is 10.0. The molecule has 0 bridgehead atoms. The standard InChI is InChI=1S/C19H26N4O3S2/c1-5-12(2)21(4)28(25,26)22-11-10-15-17(22)13(3)18(24)23(15)19-20-14-8-6-7-9-16(14)27-19/h6-9,12-13,15,17H,5,10-11H2,1-4H3/t12?,13-,15-,17+/m0/s1. The summed E-state index contributed by atoms with van der Waals surface area (Å²) in [4.78, 5) is 19.5. The summed E-state index contributed by atoms with van der Waals surface area (Å²) in [5.41, 5.74) is 0.866. The fourth-order valence-corrected chi connectivity index (χ4v) is 7.21. The zero-order valence-electron chi connectivity index (χ0n) is 16.6. The molecule has 0 radical (unpaired) electrons. The minimum absolute atomic E-state index is 0.0415. The number of hydrogen-bond acceptors (Lipinski definition) is 5. The molecule has 1 aromatic carbocycles. The minimum atomic E-state index is -3.62. The van der Waals surface area contributed by atoms with E-state index in [1.54, 1.807) is 16.3 Å². The van der Waals surface area contributed by atoms with Crippen molar-refractivity contribution in [3.8, 4) is 0 Å². The van der Waals surface area contributed by atoms with Crippen molar-refractivity contribution in [1.29, 1.82) is 0 Å². The molecule has 9 heteroatoms. The van der Waals surface area contributed by atoms with Crippen molar-refractivity contribution >= 4 is 42.8 Å². The van der Waals surface area contributed by atoms with Gasteiger partial charge in [0.05, 0.1) is 28.2 Å². The summed E-state index contributed by atoms with van der Waals surface area (Å²) in [6.45, 7) is 6.14. The van der Waals surface area contributed by atoms with E-state index in [0.29, 0.717) is 18.1 Å². The third-order valence-corrected chi connectivity index (χ3v) is 9.35. The van der Waals surface area contributed by atoms with Gasteiger partial charge < -0.3 is 0 Å². The van der Waals surface area contributed by atoms with Gasteiger partial charge in [0.25, 0.3) is 10.2 Å². The van der Waals surface area contributed by atoms with E-state index >= 15 is 0 Å². The van der Waals surface area contributed by atoms with Crippen LogP contribution in [0.2, 0.25) is 0 Å². The maximum atomic E-state index is 13.2. The van der Waals surface area contributed by atoms with Gasteiger partial charge in [0.1, 0.15) is 0 Å². The highest BCUT2D eigenvalue weighted by molar-refractivity contribution is 7.86. The summed E-state index contributed by atoms with van der Waals surface area (Å²) in [5.74, 6) is -0.431. The molecule has 2 aromatic rings. The summed E-state index contributed by atoms with van der Waals surface area (Å²) in [6, 6.07) is 7.21. The maximum Gasteiger partial charge on any atom is 0.282 e. The van der Waals surface area contributed by atoms with Gasteiger partial charge in [0.15, 0.2) is 5.13 Å². The fraction of sp³-hybridized carbons (Fsp3) is 0.579. The first-order valence-electron chi connectivity index (χ1n) is 9.70. The lowest BCUT2D eigenvalue weighted by molar-refractivity contribution is -0.120. The van der Waals surface area contributed by atoms with Gasteiger partial charge in [-0.1, -0.05) is 37.3 Å². The van der Waals surface area contributed by atoms with E-state index in [2.05, 4.69) is 4.98 Å². The Balaban J connectivity index is 1.68. The van der Waals surface area contributed by atoms with E-state index in [4.69, 9.17) is 0 Å². The Morgan fingerprint density at radius 3 is 2.75 bits per heavy atom. The Kier molecular flexibility index (Phi) is 4.97. The summed E-state index contributed by atoms with van der Waals surface area (Å²) in [6.07, 6.45) is 1.37. The molecule has 2 fully saturated rings. The van der Waals surface area contributed by atoms with Crippen molar-refractivity contribution in [2.45, 2.75) is 51.7 Å². The topological polar surface area (TPSA) is 73.8 Å². The molecule has 4 atom stereocenters. The number of nitrogens with zero attached hydrogens (tertiary/aromatic N) is 4. The molecule has 0 aliphatic carbocycles. The van der Waals surface area contributed by atoms with Gasteiger partial charge in [0, 0.05) is 19.6 Å². The van der Waals surface area contributed by atoms with Gasteiger partial charge in [-0.2, -0.15) is 17.0 Å². The average molecular weight is 423 g/mol. The minimum Gasteiger partial charge on any atom is -0.283 e. The zero-order valence-corrected chi connectivity index (χ0v) is 18.2. The predicted octanol–water partition coefficient (Wildman–Crippen LogP) is 2.70. The molecule has 1 unspecified atom stereocenters. The molecule has 2 aliphatic heterocycles. The van der Waals surface area contributed by atoms with Crippen LogP contribution in [0.3, 0.4) is 0 Å². The molecule has 7 nitrogen and oxygen atoms in total. The van der Waals surface area contributed by atoms with Crippen molar-refractivity contribution in [3.05, 3.63) is 24.3 Å². The van der Waals surface area contributed by atoms with E-state index in [9.17, 15) is 13.2 Å². The summed E-state index contributed by atoms with van der Waals surface area (Å²) in [7, 11) is -1.99. The van der Waals surface area contributed by atoms with Crippen LogP contribution in [0.4, 0.5) is 5.13 Å². The number of amides is 1. The Morgan fingerprint density at radius 1 is 1.36 bits per heavy atom. The molecule has 0 N–H and O–H groups in total. The Labute approximate surface area is 170 Å². The van der Waals surface area contributed by atoms with Crippen molar-refractivity contribution < 1.29 is 13.2 Å². The van der Waals surface area contributed by atoms with E-state index < -0.39 is 10.2 Å². The molecule has 1 aromatic heterocycles. The average Bonchev–Trinajstić information content (AvgIpc) is 3.35. The molecule has 152 valence electrons. The van der Waals surface area contributed by atoms with E-state index in [0.717, 1.165) is 16.6 Å². The molecule has 1 amide bonds. The number of hydrogen-bond donors (Lipinski definition) is 0. The SMILES string of the molecule is CCC(C)N(C)S(=O)(=O)N1CC[C@H]2[C@H]1[C@H](C)C(=O)N2c1nc2ccccc2s1. The summed E-state index contributed by atoms with van der Waals surface area (Å²) < 4.78 is 30.4. The van der Waals surface area contributed by atoms with Crippen LogP contribution in [0.1, 0.15) is 33.6 Å². The van der Waals surface area contributed by atoms with Gasteiger partial charge in [-0.25, -0.2) is 4.98 Å². The molecular weight excluding hydrogens is 396 g/mol. The number of thiazole rings is 1. The first kappa shape index (κ1) is 19.8. The van der Waals surface area contributed by atoms with Crippen molar-refractivity contribution in [3.63, 3.8) is 0 Å². The fourth-order valence-electron chi connectivity index (χ4n) is 4.28. The van der Waals surface area contributed by atoms with Gasteiger partial charge in [-0.3, -0.25) is 9.69 Å². The number of rotatable bonds is 5. The van der Waals surface area contributed by atoms with Crippen LogP contribution in [0.5, 0.6) is 0 Å². The Bertz CT molecular complexity index is 973. The van der Waals surface area contributed by atoms with Gasteiger partial charge >= 0.3 is 0 Å². The zero-order chi connectivity index (χ0) is 20.2. The molecule has 0 saturated carbocycles. The highest BCUT2D eigenvalue weighted by Gasteiger charge is 2.56. The van der Waals surface area contributed by atoms with Crippen LogP contribution in [-0.4, -0.2) is 59.6 Å². The molecular formula is C19H26N4O3S2. The lowest BCUT2D eigenvalue weighted by Crippen LogP contribution is -2.50. The van der Waals surface area contributed by atoms with Crippen LogP contribution in [0.15, 0.2) is 24.3 Å². The third-order valence-electron chi connectivity index (χ3n) is 6.20. The molecule has 3 heterocycles. The first-order valence-corrected chi connectivity index (χ1v) is 11.9. The van der Waals surface area contributed by atoms with Crippen LogP contribution < -0.4 is 4.90 Å². The first-order chi connectivity index (χ1) is 13.3. The maximum absolute atomic E-state index is 13.2. The Morgan fingerprint density at radius 2 is 2.07 bits per heavy atom. The normalized spacial score (nSPS) is 27.1. The van der Waals surface area contributed by atoms with Crippen LogP contribution in [-0.2, 0) is 15.0 Å². The lowest BCUT2D eigenvalue weighted by Gasteiger charge is -2.32. The number of carbonyl (C=O) groups excluding carboxylic acids is 1. The quantitative estimate of drug-likeness (QED) is 0.743. The second-order valence-electron chi connectivity index (χ2n) is 7.70. The summed E-state index contributed by atoms with van der Waals surface area (Å²) in [5, 5.41) is 0.667.